The zero-order valence-electron chi connectivity index (χ0n) is 9.71. The molecule has 1 N–H and O–H groups in total. The van der Waals surface area contributed by atoms with E-state index in [4.69, 9.17) is 0 Å². The van der Waals surface area contributed by atoms with Crippen molar-refractivity contribution in [3.63, 3.8) is 0 Å². The summed E-state index contributed by atoms with van der Waals surface area (Å²) < 4.78 is 2.28. The Bertz CT molecular complexity index is 504. The molecular weight excluding hydrogens is 212 g/mol. The minimum absolute atomic E-state index is 0.284. The molecule has 0 bridgehead atoms. The fourth-order valence-electron chi connectivity index (χ4n) is 2.51. The number of aliphatic hydroxyl groups is 1. The summed E-state index contributed by atoms with van der Waals surface area (Å²) in [7, 11) is 0. The maximum Gasteiger partial charge on any atom is 0.140 e. The highest BCUT2D eigenvalue weighted by molar-refractivity contribution is 5.56. The largest absolute Gasteiger partial charge is 0.396 e. The Kier molecular flexibility index (Phi) is 2.69. The third-order valence-electron chi connectivity index (χ3n) is 3.49. The average Bonchev–Trinajstić information content (AvgIpc) is 2.82. The Morgan fingerprint density at radius 3 is 2.88 bits per heavy atom. The Labute approximate surface area is 101 Å². The molecule has 1 aromatic heterocycles. The van der Waals surface area contributed by atoms with Gasteiger partial charge >= 0.3 is 0 Å². The smallest absolute Gasteiger partial charge is 0.140 e. The molecule has 0 saturated heterocycles. The molecule has 0 radical (unpaired) electrons. The van der Waals surface area contributed by atoms with Crippen LogP contribution in [0.25, 0.3) is 11.4 Å². The molecule has 3 rings (SSSR count). The third kappa shape index (κ3) is 1.87. The molecule has 3 nitrogen and oxygen atoms in total. The molecule has 0 amide bonds. The number of rotatable bonds is 2. The van der Waals surface area contributed by atoms with Gasteiger partial charge in [0.1, 0.15) is 5.82 Å². The summed E-state index contributed by atoms with van der Waals surface area (Å²) in [6.45, 7) is 1.25. The van der Waals surface area contributed by atoms with Crippen molar-refractivity contribution in [2.24, 2.45) is 5.92 Å². The van der Waals surface area contributed by atoms with E-state index in [0.717, 1.165) is 25.2 Å². The summed E-state index contributed by atoms with van der Waals surface area (Å²) in [6.07, 6.45) is 3.93. The number of aliphatic hydroxyl groups excluding tert-OH is 1. The zero-order valence-corrected chi connectivity index (χ0v) is 9.71. The first-order valence-electron chi connectivity index (χ1n) is 6.09. The highest BCUT2D eigenvalue weighted by Gasteiger charge is 2.21. The molecule has 1 atom stereocenters. The Morgan fingerprint density at radius 2 is 2.12 bits per heavy atom. The Hall–Kier alpha value is -1.61. The van der Waals surface area contributed by atoms with E-state index in [1.54, 1.807) is 0 Å². The van der Waals surface area contributed by atoms with Crippen LogP contribution >= 0.6 is 0 Å². The van der Waals surface area contributed by atoms with Crippen LogP contribution < -0.4 is 0 Å². The van der Waals surface area contributed by atoms with Crippen LogP contribution in [0.3, 0.4) is 0 Å². The van der Waals surface area contributed by atoms with E-state index in [1.165, 1.54) is 11.3 Å². The molecule has 2 aromatic rings. The second-order valence-electron chi connectivity index (χ2n) is 4.63. The van der Waals surface area contributed by atoms with E-state index >= 15 is 0 Å². The van der Waals surface area contributed by atoms with Crippen molar-refractivity contribution in [3.8, 4) is 11.4 Å². The van der Waals surface area contributed by atoms with Crippen molar-refractivity contribution < 1.29 is 5.11 Å². The summed E-state index contributed by atoms with van der Waals surface area (Å²) in [6, 6.07) is 10.3. The standard InChI is InChI=1S/C14H16N2O/c17-10-11-6-7-16-13(8-11)9-15-14(16)12-4-2-1-3-5-12/h1-5,9,11,17H,6-8,10H2. The van der Waals surface area contributed by atoms with Crippen LogP contribution in [0.2, 0.25) is 0 Å². The van der Waals surface area contributed by atoms with Gasteiger partial charge in [0.2, 0.25) is 0 Å². The molecule has 88 valence electrons. The normalized spacial score (nSPS) is 19.0. The zero-order chi connectivity index (χ0) is 11.7. The second-order valence-corrected chi connectivity index (χ2v) is 4.63. The van der Waals surface area contributed by atoms with Gasteiger partial charge < -0.3 is 9.67 Å². The summed E-state index contributed by atoms with van der Waals surface area (Å²) in [5, 5.41) is 9.21. The Morgan fingerprint density at radius 1 is 1.29 bits per heavy atom. The van der Waals surface area contributed by atoms with Gasteiger partial charge in [0.05, 0.1) is 0 Å². The van der Waals surface area contributed by atoms with Crippen LogP contribution in [0.5, 0.6) is 0 Å². The van der Waals surface area contributed by atoms with E-state index < -0.39 is 0 Å². The predicted octanol–water partition coefficient (Wildman–Crippen LogP) is 2.10. The molecule has 1 aliphatic rings. The lowest BCUT2D eigenvalue weighted by atomic mass is 9.97. The number of benzene rings is 1. The van der Waals surface area contributed by atoms with Crippen LogP contribution in [-0.2, 0) is 13.0 Å². The fourth-order valence-corrected chi connectivity index (χ4v) is 2.51. The molecule has 1 unspecified atom stereocenters. The van der Waals surface area contributed by atoms with Crippen LogP contribution in [-0.4, -0.2) is 21.3 Å². The lowest BCUT2D eigenvalue weighted by Crippen LogP contribution is -2.21. The van der Waals surface area contributed by atoms with Gasteiger partial charge in [-0.1, -0.05) is 30.3 Å². The second kappa shape index (κ2) is 4.34. The molecule has 2 heterocycles. The van der Waals surface area contributed by atoms with Gasteiger partial charge in [0.15, 0.2) is 0 Å². The summed E-state index contributed by atoms with van der Waals surface area (Å²) in [5.74, 6) is 1.46. The van der Waals surface area contributed by atoms with Crippen molar-refractivity contribution in [1.29, 1.82) is 0 Å². The predicted molar refractivity (Wildman–Crippen MR) is 66.6 cm³/mol. The van der Waals surface area contributed by atoms with Gasteiger partial charge in [-0.2, -0.15) is 0 Å². The molecule has 1 aliphatic heterocycles. The fraction of sp³-hybridized carbons (Fsp3) is 0.357. The van der Waals surface area contributed by atoms with Crippen LogP contribution in [0.4, 0.5) is 0 Å². The lowest BCUT2D eigenvalue weighted by Gasteiger charge is -2.23. The van der Waals surface area contributed by atoms with Crippen molar-refractivity contribution in [2.45, 2.75) is 19.4 Å². The van der Waals surface area contributed by atoms with Crippen LogP contribution in [0.15, 0.2) is 36.5 Å². The number of imidazole rings is 1. The van der Waals surface area contributed by atoms with Gasteiger partial charge in [-0.25, -0.2) is 4.98 Å². The van der Waals surface area contributed by atoms with Crippen molar-refractivity contribution in [2.75, 3.05) is 6.61 Å². The number of aromatic nitrogens is 2. The maximum atomic E-state index is 9.21. The van der Waals surface area contributed by atoms with Crippen LogP contribution in [0.1, 0.15) is 12.1 Å². The van der Waals surface area contributed by atoms with E-state index in [0.29, 0.717) is 5.92 Å². The van der Waals surface area contributed by atoms with E-state index in [9.17, 15) is 5.11 Å². The molecule has 0 aliphatic carbocycles. The molecule has 0 fully saturated rings. The Balaban J connectivity index is 1.97. The minimum atomic E-state index is 0.284. The topological polar surface area (TPSA) is 38.0 Å². The molecule has 3 heteroatoms. The van der Waals surface area contributed by atoms with Crippen molar-refractivity contribution >= 4 is 0 Å². The van der Waals surface area contributed by atoms with Gasteiger partial charge in [-0.15, -0.1) is 0 Å². The number of hydrogen-bond donors (Lipinski definition) is 1. The first-order chi connectivity index (χ1) is 8.38. The average molecular weight is 228 g/mol. The summed E-state index contributed by atoms with van der Waals surface area (Å²) >= 11 is 0. The quantitative estimate of drug-likeness (QED) is 0.854. The van der Waals surface area contributed by atoms with E-state index in [2.05, 4.69) is 21.7 Å². The van der Waals surface area contributed by atoms with Crippen LogP contribution in [0, 0.1) is 5.92 Å². The van der Waals surface area contributed by atoms with Gasteiger partial charge in [-0.3, -0.25) is 0 Å². The molecule has 17 heavy (non-hydrogen) atoms. The van der Waals surface area contributed by atoms with Gasteiger partial charge in [0, 0.05) is 30.6 Å². The SMILES string of the molecule is OCC1CCn2c(cnc2-c2ccccc2)C1. The van der Waals surface area contributed by atoms with Gasteiger partial charge in [-0.05, 0) is 18.8 Å². The minimum Gasteiger partial charge on any atom is -0.396 e. The highest BCUT2D eigenvalue weighted by atomic mass is 16.3. The molecular formula is C14H16N2O. The third-order valence-corrected chi connectivity index (χ3v) is 3.49. The first-order valence-corrected chi connectivity index (χ1v) is 6.09. The molecule has 0 saturated carbocycles. The lowest BCUT2D eigenvalue weighted by molar-refractivity contribution is 0.201. The van der Waals surface area contributed by atoms with E-state index in [1.807, 2.05) is 24.4 Å². The highest BCUT2D eigenvalue weighted by Crippen LogP contribution is 2.26. The van der Waals surface area contributed by atoms with E-state index in [-0.39, 0.29) is 6.61 Å². The maximum absolute atomic E-state index is 9.21. The summed E-state index contributed by atoms with van der Waals surface area (Å²) in [4.78, 5) is 4.52. The van der Waals surface area contributed by atoms with Gasteiger partial charge in [0.25, 0.3) is 0 Å². The molecule has 0 spiro atoms. The molecule has 1 aromatic carbocycles. The number of hydrogen-bond acceptors (Lipinski definition) is 2. The van der Waals surface area contributed by atoms with Crippen molar-refractivity contribution in [1.82, 2.24) is 9.55 Å². The first kappa shape index (κ1) is 10.5. The number of nitrogens with zero attached hydrogens (tertiary/aromatic N) is 2. The monoisotopic (exact) mass is 228 g/mol. The summed E-state index contributed by atoms with van der Waals surface area (Å²) in [5.41, 5.74) is 2.41. The van der Waals surface area contributed by atoms with Crippen molar-refractivity contribution in [3.05, 3.63) is 42.2 Å². The number of fused-ring (bicyclic) bond motifs is 1.